The number of rotatable bonds is 4. The average molecular weight is 252 g/mol. The second-order valence-electron chi connectivity index (χ2n) is 4.21. The molecule has 0 atom stereocenters. The van der Waals surface area contributed by atoms with Gasteiger partial charge < -0.3 is 4.74 Å². The number of hydrogen-bond donors (Lipinski definition) is 0. The van der Waals surface area contributed by atoms with Gasteiger partial charge in [-0.3, -0.25) is 0 Å². The molecule has 2 rings (SSSR count). The van der Waals surface area contributed by atoms with E-state index in [0.29, 0.717) is 17.7 Å². The molecule has 0 aliphatic heterocycles. The third kappa shape index (κ3) is 3.10. The lowest BCUT2D eigenvalue weighted by atomic mass is 10.0. The predicted octanol–water partition coefficient (Wildman–Crippen LogP) is 4.23. The molecule has 96 valence electrons. The maximum absolute atomic E-state index is 11.8. The lowest BCUT2D eigenvalue weighted by Crippen LogP contribution is -2.10. The zero-order valence-corrected chi connectivity index (χ0v) is 10.9. The van der Waals surface area contributed by atoms with Gasteiger partial charge in [0.25, 0.3) is 0 Å². The van der Waals surface area contributed by atoms with Crippen molar-refractivity contribution < 1.29 is 9.53 Å². The molecule has 0 radical (unpaired) electrons. The van der Waals surface area contributed by atoms with Crippen molar-refractivity contribution in [2.24, 2.45) is 0 Å². The number of esters is 1. The maximum Gasteiger partial charge on any atom is 0.338 e. The van der Waals surface area contributed by atoms with Gasteiger partial charge in [-0.25, -0.2) is 4.79 Å². The van der Waals surface area contributed by atoms with Gasteiger partial charge in [-0.15, -0.1) is 0 Å². The Hall–Kier alpha value is -2.35. The van der Waals surface area contributed by atoms with E-state index < -0.39 is 0 Å². The van der Waals surface area contributed by atoms with Gasteiger partial charge in [0, 0.05) is 11.1 Å². The second-order valence-corrected chi connectivity index (χ2v) is 4.21. The Labute approximate surface area is 113 Å². The average Bonchev–Trinajstić information content (AvgIpc) is 2.47. The fourth-order valence-electron chi connectivity index (χ4n) is 1.73. The fourth-order valence-corrected chi connectivity index (χ4v) is 1.73. The first-order valence-electron chi connectivity index (χ1n) is 6.26. The number of para-hydroxylation sites is 1. The Balaban J connectivity index is 2.32. The SMILES string of the molecule is C=C(CC)C(=O)Oc1ccccc1-c1ccccc1. The van der Waals surface area contributed by atoms with Gasteiger partial charge in [-0.2, -0.15) is 0 Å². The molecule has 2 aromatic carbocycles. The summed E-state index contributed by atoms with van der Waals surface area (Å²) in [6.07, 6.45) is 0.590. The van der Waals surface area contributed by atoms with Crippen LogP contribution in [0.2, 0.25) is 0 Å². The van der Waals surface area contributed by atoms with Crippen molar-refractivity contribution in [3.05, 3.63) is 66.7 Å². The molecular weight excluding hydrogens is 236 g/mol. The van der Waals surface area contributed by atoms with E-state index in [1.165, 1.54) is 0 Å². The molecule has 0 fully saturated rings. The van der Waals surface area contributed by atoms with Crippen LogP contribution in [-0.2, 0) is 4.79 Å². The molecule has 0 heterocycles. The van der Waals surface area contributed by atoms with Crippen molar-refractivity contribution >= 4 is 5.97 Å². The van der Waals surface area contributed by atoms with E-state index in [2.05, 4.69) is 6.58 Å². The monoisotopic (exact) mass is 252 g/mol. The van der Waals surface area contributed by atoms with E-state index in [1.54, 1.807) is 6.07 Å². The zero-order valence-electron chi connectivity index (χ0n) is 10.9. The van der Waals surface area contributed by atoms with Crippen molar-refractivity contribution in [2.75, 3.05) is 0 Å². The minimum atomic E-state index is -0.370. The van der Waals surface area contributed by atoms with Crippen molar-refractivity contribution in [2.45, 2.75) is 13.3 Å². The molecule has 0 aliphatic rings. The first-order chi connectivity index (χ1) is 9.22. The van der Waals surface area contributed by atoms with Crippen LogP contribution in [0.1, 0.15) is 13.3 Å². The van der Waals surface area contributed by atoms with Crippen LogP contribution in [0.3, 0.4) is 0 Å². The molecular formula is C17H16O2. The molecule has 19 heavy (non-hydrogen) atoms. The van der Waals surface area contributed by atoms with Crippen LogP contribution < -0.4 is 4.74 Å². The van der Waals surface area contributed by atoms with Gasteiger partial charge >= 0.3 is 5.97 Å². The van der Waals surface area contributed by atoms with Crippen LogP contribution in [0, 0.1) is 0 Å². The second kappa shape index (κ2) is 6.01. The van der Waals surface area contributed by atoms with Crippen molar-refractivity contribution in [3.63, 3.8) is 0 Å². The smallest absolute Gasteiger partial charge is 0.338 e. The van der Waals surface area contributed by atoms with E-state index in [-0.39, 0.29) is 5.97 Å². The van der Waals surface area contributed by atoms with E-state index in [9.17, 15) is 4.79 Å². The fraction of sp³-hybridized carbons (Fsp3) is 0.118. The first-order valence-corrected chi connectivity index (χ1v) is 6.26. The third-order valence-electron chi connectivity index (χ3n) is 2.89. The van der Waals surface area contributed by atoms with Gasteiger partial charge in [-0.05, 0) is 18.1 Å². The van der Waals surface area contributed by atoms with E-state index in [4.69, 9.17) is 4.74 Å². The largest absolute Gasteiger partial charge is 0.423 e. The van der Waals surface area contributed by atoms with E-state index >= 15 is 0 Å². The summed E-state index contributed by atoms with van der Waals surface area (Å²) in [5, 5.41) is 0. The highest BCUT2D eigenvalue weighted by atomic mass is 16.5. The summed E-state index contributed by atoms with van der Waals surface area (Å²) in [4.78, 5) is 11.8. The molecule has 0 unspecified atom stereocenters. The lowest BCUT2D eigenvalue weighted by molar-refractivity contribution is -0.130. The topological polar surface area (TPSA) is 26.3 Å². The van der Waals surface area contributed by atoms with Gasteiger partial charge in [0.05, 0.1) is 0 Å². The summed E-state index contributed by atoms with van der Waals surface area (Å²) in [5.74, 6) is 0.194. The van der Waals surface area contributed by atoms with Crippen LogP contribution in [0.15, 0.2) is 66.7 Å². The zero-order chi connectivity index (χ0) is 13.7. The Morgan fingerprint density at radius 1 is 1.05 bits per heavy atom. The number of hydrogen-bond acceptors (Lipinski definition) is 2. The van der Waals surface area contributed by atoms with Crippen LogP contribution >= 0.6 is 0 Å². The molecule has 0 saturated carbocycles. The minimum absolute atomic E-state index is 0.370. The van der Waals surface area contributed by atoms with Crippen LogP contribution in [0.4, 0.5) is 0 Å². The molecule has 0 bridgehead atoms. The summed E-state index contributed by atoms with van der Waals surface area (Å²) >= 11 is 0. The summed E-state index contributed by atoms with van der Waals surface area (Å²) < 4.78 is 5.41. The predicted molar refractivity (Wildman–Crippen MR) is 76.9 cm³/mol. The summed E-state index contributed by atoms with van der Waals surface area (Å²) in [7, 11) is 0. The number of benzene rings is 2. The van der Waals surface area contributed by atoms with Crippen molar-refractivity contribution in [1.82, 2.24) is 0 Å². The van der Waals surface area contributed by atoms with Crippen molar-refractivity contribution in [3.8, 4) is 16.9 Å². The lowest BCUT2D eigenvalue weighted by Gasteiger charge is -2.10. The number of ether oxygens (including phenoxy) is 1. The number of carbonyl (C=O) groups is 1. The molecule has 0 aromatic heterocycles. The molecule has 0 amide bonds. The van der Waals surface area contributed by atoms with Crippen molar-refractivity contribution in [1.29, 1.82) is 0 Å². The van der Waals surface area contributed by atoms with E-state index in [1.807, 2.05) is 55.5 Å². The van der Waals surface area contributed by atoms with Gasteiger partial charge in [-0.1, -0.05) is 62.0 Å². The molecule has 2 aromatic rings. The van der Waals surface area contributed by atoms with Gasteiger partial charge in [0.2, 0.25) is 0 Å². The minimum Gasteiger partial charge on any atom is -0.423 e. The van der Waals surface area contributed by atoms with E-state index in [0.717, 1.165) is 11.1 Å². The maximum atomic E-state index is 11.8. The molecule has 0 N–H and O–H groups in total. The Morgan fingerprint density at radius 2 is 1.68 bits per heavy atom. The Bertz CT molecular complexity index is 585. The standard InChI is InChI=1S/C17H16O2/c1-3-13(2)17(18)19-16-12-8-7-11-15(16)14-9-5-4-6-10-14/h4-12H,2-3H2,1H3. The quantitative estimate of drug-likeness (QED) is 0.462. The van der Waals surface area contributed by atoms with Crippen LogP contribution in [0.5, 0.6) is 5.75 Å². The highest BCUT2D eigenvalue weighted by Gasteiger charge is 2.11. The molecule has 2 heteroatoms. The summed E-state index contributed by atoms with van der Waals surface area (Å²) in [6.45, 7) is 5.58. The Kier molecular flexibility index (Phi) is 4.14. The van der Waals surface area contributed by atoms with Crippen LogP contribution in [0.25, 0.3) is 11.1 Å². The normalized spacial score (nSPS) is 9.95. The third-order valence-corrected chi connectivity index (χ3v) is 2.89. The highest BCUT2D eigenvalue weighted by Crippen LogP contribution is 2.30. The number of carbonyl (C=O) groups excluding carboxylic acids is 1. The molecule has 0 saturated heterocycles. The van der Waals surface area contributed by atoms with Gasteiger partial charge in [0.15, 0.2) is 0 Å². The van der Waals surface area contributed by atoms with Crippen LogP contribution in [-0.4, -0.2) is 5.97 Å². The summed E-state index contributed by atoms with van der Waals surface area (Å²) in [6, 6.07) is 17.4. The summed E-state index contributed by atoms with van der Waals surface area (Å²) in [5.41, 5.74) is 2.40. The molecule has 0 spiro atoms. The molecule has 2 nitrogen and oxygen atoms in total. The Morgan fingerprint density at radius 3 is 2.37 bits per heavy atom. The molecule has 0 aliphatic carbocycles. The highest BCUT2D eigenvalue weighted by molar-refractivity contribution is 5.90. The van der Waals surface area contributed by atoms with Gasteiger partial charge in [0.1, 0.15) is 5.75 Å². The first kappa shape index (κ1) is 13.1.